The maximum atomic E-state index is 12.0. The highest BCUT2D eigenvalue weighted by Crippen LogP contribution is 2.20. The van der Waals surface area contributed by atoms with Gasteiger partial charge in [-0.1, -0.05) is 17.7 Å². The lowest BCUT2D eigenvalue weighted by atomic mass is 10.2. The van der Waals surface area contributed by atoms with Gasteiger partial charge in [0.2, 0.25) is 5.91 Å². The van der Waals surface area contributed by atoms with Crippen LogP contribution in [-0.4, -0.2) is 28.5 Å². The van der Waals surface area contributed by atoms with E-state index in [-0.39, 0.29) is 30.1 Å². The Hall–Kier alpha value is -3.62. The van der Waals surface area contributed by atoms with E-state index < -0.39 is 10.7 Å². The third-order valence-corrected chi connectivity index (χ3v) is 4.36. The molecule has 0 fully saturated rings. The van der Waals surface area contributed by atoms with Crippen molar-refractivity contribution in [2.24, 2.45) is 0 Å². The van der Waals surface area contributed by atoms with Crippen LogP contribution in [0.1, 0.15) is 18.4 Å². The Morgan fingerprint density at radius 3 is 2.72 bits per heavy atom. The lowest BCUT2D eigenvalue weighted by Crippen LogP contribution is -2.28. The van der Waals surface area contributed by atoms with Crippen molar-refractivity contribution in [1.82, 2.24) is 9.88 Å². The fourth-order valence-corrected chi connectivity index (χ4v) is 2.86. The molecular weight excluding hydrogens is 378 g/mol. The highest BCUT2D eigenvalue weighted by atomic mass is 16.6. The number of oxazole rings is 1. The van der Waals surface area contributed by atoms with Gasteiger partial charge in [0.15, 0.2) is 5.58 Å². The third-order valence-electron chi connectivity index (χ3n) is 4.36. The van der Waals surface area contributed by atoms with E-state index in [1.807, 2.05) is 31.2 Å². The second kappa shape index (κ2) is 9.05. The van der Waals surface area contributed by atoms with E-state index >= 15 is 0 Å². The van der Waals surface area contributed by atoms with E-state index in [1.54, 1.807) is 0 Å². The van der Waals surface area contributed by atoms with Gasteiger partial charge in [-0.15, -0.1) is 0 Å². The highest BCUT2D eigenvalue weighted by Gasteiger charge is 2.14. The SMILES string of the molecule is Cc1ccc(OCCNC(=O)CCCn2c(=O)oc3cc([N+](=O)[O-])ccc32)cc1. The number of non-ortho nitro benzene ring substituents is 1. The number of aromatic nitrogens is 1. The molecule has 9 nitrogen and oxygen atoms in total. The predicted octanol–water partition coefficient (Wildman–Crippen LogP) is 2.79. The molecule has 0 aliphatic carbocycles. The number of nitrogens with one attached hydrogen (secondary N) is 1. The minimum absolute atomic E-state index is 0.144. The summed E-state index contributed by atoms with van der Waals surface area (Å²) in [6, 6.07) is 11.7. The average Bonchev–Trinajstić information content (AvgIpc) is 3.01. The zero-order valence-electron chi connectivity index (χ0n) is 15.9. The quantitative estimate of drug-likeness (QED) is 0.336. The number of fused-ring (bicyclic) bond motifs is 1. The number of nitro benzene ring substituents is 1. The molecule has 0 saturated heterocycles. The van der Waals surface area contributed by atoms with Gasteiger partial charge in [-0.2, -0.15) is 0 Å². The Balaban J connectivity index is 1.44. The number of nitro groups is 1. The van der Waals surface area contributed by atoms with Crippen molar-refractivity contribution < 1.29 is 18.9 Å². The molecule has 1 heterocycles. The van der Waals surface area contributed by atoms with Gasteiger partial charge in [0, 0.05) is 19.0 Å². The third kappa shape index (κ3) is 5.22. The Morgan fingerprint density at radius 2 is 2.00 bits per heavy atom. The highest BCUT2D eigenvalue weighted by molar-refractivity contribution is 5.76. The first-order chi connectivity index (χ1) is 13.9. The number of ether oxygens (including phenoxy) is 1. The molecule has 9 heteroatoms. The van der Waals surface area contributed by atoms with E-state index in [1.165, 1.54) is 22.8 Å². The Bertz CT molecular complexity index is 1070. The zero-order valence-corrected chi connectivity index (χ0v) is 15.9. The number of carbonyl (C=O) groups excluding carboxylic acids is 1. The number of amides is 1. The van der Waals surface area contributed by atoms with Crippen LogP contribution in [0.4, 0.5) is 5.69 Å². The van der Waals surface area contributed by atoms with E-state index in [0.29, 0.717) is 25.1 Å². The van der Waals surface area contributed by atoms with E-state index in [4.69, 9.17) is 9.15 Å². The molecule has 2 aromatic carbocycles. The second-order valence-corrected chi connectivity index (χ2v) is 6.54. The number of hydrogen-bond acceptors (Lipinski definition) is 6. The van der Waals surface area contributed by atoms with Crippen molar-refractivity contribution in [2.75, 3.05) is 13.2 Å². The van der Waals surface area contributed by atoms with Crippen LogP contribution in [0, 0.1) is 17.0 Å². The Labute approximate surface area is 166 Å². The lowest BCUT2D eigenvalue weighted by Gasteiger charge is -2.08. The van der Waals surface area contributed by atoms with Crippen LogP contribution in [0.3, 0.4) is 0 Å². The molecule has 1 N–H and O–H groups in total. The summed E-state index contributed by atoms with van der Waals surface area (Å²) < 4.78 is 12.0. The summed E-state index contributed by atoms with van der Waals surface area (Å²) in [6.07, 6.45) is 0.660. The van der Waals surface area contributed by atoms with Gasteiger partial charge < -0.3 is 14.5 Å². The summed E-state index contributed by atoms with van der Waals surface area (Å²) in [7, 11) is 0. The summed E-state index contributed by atoms with van der Waals surface area (Å²) in [5.74, 6) is -0.00214. The maximum Gasteiger partial charge on any atom is 0.419 e. The van der Waals surface area contributed by atoms with Crippen molar-refractivity contribution in [2.45, 2.75) is 26.3 Å². The van der Waals surface area contributed by atoms with E-state index in [9.17, 15) is 19.7 Å². The molecule has 29 heavy (non-hydrogen) atoms. The van der Waals surface area contributed by atoms with Gasteiger partial charge in [0.05, 0.1) is 23.1 Å². The van der Waals surface area contributed by atoms with Gasteiger partial charge in [-0.05, 0) is 31.5 Å². The number of hydrogen-bond donors (Lipinski definition) is 1. The predicted molar refractivity (Wildman–Crippen MR) is 106 cm³/mol. The summed E-state index contributed by atoms with van der Waals surface area (Å²) in [4.78, 5) is 34.2. The first-order valence-electron chi connectivity index (χ1n) is 9.18. The molecule has 0 spiro atoms. The van der Waals surface area contributed by atoms with Crippen molar-refractivity contribution in [3.05, 3.63) is 68.7 Å². The van der Waals surface area contributed by atoms with Crippen molar-refractivity contribution in [1.29, 1.82) is 0 Å². The molecule has 1 amide bonds. The van der Waals surface area contributed by atoms with Crippen LogP contribution in [0.2, 0.25) is 0 Å². The number of benzene rings is 2. The van der Waals surface area contributed by atoms with Crippen LogP contribution in [0.5, 0.6) is 5.75 Å². The smallest absolute Gasteiger partial charge is 0.419 e. The van der Waals surface area contributed by atoms with Crippen molar-refractivity contribution >= 4 is 22.7 Å². The van der Waals surface area contributed by atoms with Crippen LogP contribution in [0.15, 0.2) is 51.7 Å². The minimum Gasteiger partial charge on any atom is -0.492 e. The monoisotopic (exact) mass is 399 g/mol. The fraction of sp³-hybridized carbons (Fsp3) is 0.300. The summed E-state index contributed by atoms with van der Waals surface area (Å²) >= 11 is 0. The molecule has 0 aliphatic rings. The first-order valence-corrected chi connectivity index (χ1v) is 9.18. The Morgan fingerprint density at radius 1 is 1.24 bits per heavy atom. The van der Waals surface area contributed by atoms with E-state index in [0.717, 1.165) is 11.3 Å². The second-order valence-electron chi connectivity index (χ2n) is 6.54. The molecule has 0 atom stereocenters. The van der Waals surface area contributed by atoms with E-state index in [2.05, 4.69) is 5.32 Å². The average molecular weight is 399 g/mol. The van der Waals surface area contributed by atoms with Crippen LogP contribution in [0.25, 0.3) is 11.1 Å². The van der Waals surface area contributed by atoms with Crippen LogP contribution in [-0.2, 0) is 11.3 Å². The molecular formula is C20H21N3O6. The van der Waals surface area contributed by atoms with Gasteiger partial charge in [0.25, 0.3) is 5.69 Å². The molecule has 0 bridgehead atoms. The molecule has 152 valence electrons. The Kier molecular flexibility index (Phi) is 6.28. The molecule has 0 unspecified atom stereocenters. The number of rotatable bonds is 9. The molecule has 0 radical (unpaired) electrons. The zero-order chi connectivity index (χ0) is 20.8. The number of aryl methyl sites for hydroxylation is 2. The topological polar surface area (TPSA) is 117 Å². The van der Waals surface area contributed by atoms with Gasteiger partial charge in [-0.3, -0.25) is 19.5 Å². The van der Waals surface area contributed by atoms with Crippen LogP contribution < -0.4 is 15.8 Å². The standard InChI is InChI=1S/C20H21N3O6/c1-14-4-7-16(8-5-14)28-12-10-21-19(24)3-2-11-22-17-9-6-15(23(26)27)13-18(17)29-20(22)25/h4-9,13H,2-3,10-12H2,1H3,(H,21,24). The maximum absolute atomic E-state index is 12.0. The van der Waals surface area contributed by atoms with Gasteiger partial charge >= 0.3 is 5.76 Å². The summed E-state index contributed by atoms with van der Waals surface area (Å²) in [6.45, 7) is 3.01. The summed E-state index contributed by atoms with van der Waals surface area (Å²) in [5.41, 5.74) is 1.62. The van der Waals surface area contributed by atoms with Gasteiger partial charge in [0.1, 0.15) is 12.4 Å². The molecule has 3 rings (SSSR count). The largest absolute Gasteiger partial charge is 0.492 e. The minimum atomic E-state index is -0.604. The lowest BCUT2D eigenvalue weighted by molar-refractivity contribution is -0.384. The fourth-order valence-electron chi connectivity index (χ4n) is 2.86. The van der Waals surface area contributed by atoms with Crippen molar-refractivity contribution in [3.63, 3.8) is 0 Å². The van der Waals surface area contributed by atoms with Crippen LogP contribution >= 0.6 is 0 Å². The number of nitrogens with zero attached hydrogens (tertiary/aromatic N) is 2. The molecule has 0 aliphatic heterocycles. The first kappa shape index (κ1) is 20.1. The molecule has 1 aromatic heterocycles. The van der Waals surface area contributed by atoms with Crippen molar-refractivity contribution in [3.8, 4) is 5.75 Å². The molecule has 3 aromatic rings. The number of carbonyl (C=O) groups is 1. The van der Waals surface area contributed by atoms with Gasteiger partial charge in [-0.25, -0.2) is 4.79 Å². The molecule has 0 saturated carbocycles. The normalized spacial score (nSPS) is 10.8. The summed E-state index contributed by atoms with van der Waals surface area (Å²) in [5, 5.41) is 13.6.